The monoisotopic (exact) mass is 527 g/mol. The minimum absolute atomic E-state index is 0.300. The van der Waals surface area contributed by atoms with E-state index in [9.17, 15) is 14.7 Å². The summed E-state index contributed by atoms with van der Waals surface area (Å²) >= 11 is 1.61. The van der Waals surface area contributed by atoms with E-state index in [1.54, 1.807) is 17.8 Å². The van der Waals surface area contributed by atoms with Crippen molar-refractivity contribution in [3.8, 4) is 11.1 Å². The number of ether oxygens (including phenoxy) is 2. The summed E-state index contributed by atoms with van der Waals surface area (Å²) in [5.41, 5.74) is 4.20. The Balaban J connectivity index is 1.74. The fourth-order valence-electron chi connectivity index (χ4n) is 5.03. The average molecular weight is 528 g/mol. The van der Waals surface area contributed by atoms with Crippen LogP contribution in [0.2, 0.25) is 0 Å². The molecule has 2 aromatic carbocycles. The predicted molar refractivity (Wildman–Crippen MR) is 150 cm³/mol. The molecule has 1 saturated carbocycles. The van der Waals surface area contributed by atoms with Gasteiger partial charge < -0.3 is 19.9 Å². The van der Waals surface area contributed by atoms with E-state index in [0.717, 1.165) is 34.4 Å². The van der Waals surface area contributed by atoms with Gasteiger partial charge in [-0.1, -0.05) is 62.4 Å². The number of methoxy groups -OCH3 is 1. The molecule has 0 bridgehead atoms. The predicted octanol–water partition coefficient (Wildman–Crippen LogP) is 5.53. The molecular weight excluding hydrogens is 486 g/mol. The van der Waals surface area contributed by atoms with Gasteiger partial charge in [0.05, 0.1) is 26.4 Å². The van der Waals surface area contributed by atoms with Gasteiger partial charge in [0.15, 0.2) is 0 Å². The third-order valence-corrected chi connectivity index (χ3v) is 7.72. The molecule has 1 amide bonds. The minimum atomic E-state index is -0.705. The first kappa shape index (κ1) is 29.2. The number of carbonyl (C=O) groups excluding carboxylic acids is 2. The number of benzene rings is 2. The first-order chi connectivity index (χ1) is 17.9. The van der Waals surface area contributed by atoms with Crippen LogP contribution in [0.25, 0.3) is 11.1 Å². The normalized spacial score (nSPS) is 15.7. The zero-order chi connectivity index (χ0) is 26.6. The number of thioether (sulfide) groups is 1. The molecule has 3 rings (SSSR count). The number of rotatable bonds is 13. The van der Waals surface area contributed by atoms with E-state index in [-0.39, 0.29) is 5.91 Å². The van der Waals surface area contributed by atoms with Crippen molar-refractivity contribution in [2.75, 3.05) is 25.7 Å². The molecule has 202 valence electrons. The summed E-state index contributed by atoms with van der Waals surface area (Å²) < 4.78 is 10.8. The summed E-state index contributed by atoms with van der Waals surface area (Å²) in [5.74, 6) is 0.567. The highest BCUT2D eigenvalue weighted by atomic mass is 32.2. The topological polar surface area (TPSA) is 84.9 Å². The second-order valence-electron chi connectivity index (χ2n) is 9.93. The van der Waals surface area contributed by atoms with Crippen molar-refractivity contribution in [3.05, 3.63) is 59.2 Å². The fraction of sp³-hybridized carbons (Fsp3) is 0.533. The third kappa shape index (κ3) is 8.87. The molecule has 1 fully saturated rings. The van der Waals surface area contributed by atoms with Crippen LogP contribution in [0.5, 0.6) is 0 Å². The Morgan fingerprint density at radius 1 is 1.11 bits per heavy atom. The summed E-state index contributed by atoms with van der Waals surface area (Å²) in [4.78, 5) is 25.6. The van der Waals surface area contributed by atoms with Gasteiger partial charge in [-0.15, -0.1) is 0 Å². The van der Waals surface area contributed by atoms with E-state index in [1.165, 1.54) is 39.2 Å². The van der Waals surface area contributed by atoms with Gasteiger partial charge in [0.2, 0.25) is 0 Å². The number of hydrogen-bond acceptors (Lipinski definition) is 6. The van der Waals surface area contributed by atoms with Crippen LogP contribution < -0.4 is 5.32 Å². The number of aryl methyl sites for hydroxylation is 1. The number of aliphatic hydroxyl groups is 1. The average Bonchev–Trinajstić information content (AvgIpc) is 2.91. The lowest BCUT2D eigenvalue weighted by molar-refractivity contribution is -0.142. The highest BCUT2D eigenvalue weighted by Crippen LogP contribution is 2.29. The fourth-order valence-corrected chi connectivity index (χ4v) is 5.50. The van der Waals surface area contributed by atoms with Crippen LogP contribution in [0.1, 0.15) is 66.4 Å². The Labute approximate surface area is 225 Å². The van der Waals surface area contributed by atoms with Crippen molar-refractivity contribution in [1.29, 1.82) is 0 Å². The molecule has 37 heavy (non-hydrogen) atoms. The van der Waals surface area contributed by atoms with Crippen molar-refractivity contribution in [2.45, 2.75) is 70.6 Å². The smallest absolute Gasteiger partial charge is 0.328 e. The third-order valence-electron chi connectivity index (χ3n) is 7.07. The molecular formula is C30H41NO5S. The molecule has 0 aliphatic heterocycles. The van der Waals surface area contributed by atoms with Crippen LogP contribution in [-0.2, 0) is 20.9 Å². The summed E-state index contributed by atoms with van der Waals surface area (Å²) in [5, 5.41) is 13.3. The van der Waals surface area contributed by atoms with Crippen molar-refractivity contribution in [1.82, 2.24) is 5.32 Å². The highest BCUT2D eigenvalue weighted by Gasteiger charge is 2.24. The van der Waals surface area contributed by atoms with Gasteiger partial charge >= 0.3 is 5.97 Å². The standard InChI is InChI=1S/C30H41NO5S/c1-21-9-7-8-12-25(21)27-18-23(19-36-20-24(32)17-22-10-5-4-6-11-22)13-14-26(27)29(33)31-28(15-16-37-3)30(34)35-2/h7-9,12-14,18,22,24,28,32H,4-6,10-11,15-17,19-20H2,1-3H3,(H,31,33). The van der Waals surface area contributed by atoms with Crippen LogP contribution >= 0.6 is 11.8 Å². The Morgan fingerprint density at radius 3 is 2.57 bits per heavy atom. The Hall–Kier alpha value is -2.35. The molecule has 1 aliphatic carbocycles. The molecule has 6 nitrogen and oxygen atoms in total. The van der Waals surface area contributed by atoms with E-state index in [2.05, 4.69) is 5.32 Å². The number of aliphatic hydroxyl groups excluding tert-OH is 1. The highest BCUT2D eigenvalue weighted by molar-refractivity contribution is 7.98. The molecule has 0 aromatic heterocycles. The van der Waals surface area contributed by atoms with Crippen LogP contribution in [-0.4, -0.2) is 54.9 Å². The second kappa shape index (κ2) is 15.2. The van der Waals surface area contributed by atoms with E-state index < -0.39 is 18.1 Å². The molecule has 2 unspecified atom stereocenters. The van der Waals surface area contributed by atoms with Crippen molar-refractivity contribution < 1.29 is 24.2 Å². The lowest BCUT2D eigenvalue weighted by atomic mass is 9.85. The maximum Gasteiger partial charge on any atom is 0.328 e. The van der Waals surface area contributed by atoms with Crippen molar-refractivity contribution in [3.63, 3.8) is 0 Å². The van der Waals surface area contributed by atoms with Gasteiger partial charge in [-0.3, -0.25) is 4.79 Å². The van der Waals surface area contributed by atoms with E-state index in [0.29, 0.717) is 31.1 Å². The number of nitrogens with one attached hydrogen (secondary N) is 1. The molecule has 0 radical (unpaired) electrons. The van der Waals surface area contributed by atoms with Gasteiger partial charge in [-0.25, -0.2) is 4.79 Å². The van der Waals surface area contributed by atoms with Crippen LogP contribution in [0.3, 0.4) is 0 Å². The zero-order valence-corrected chi connectivity index (χ0v) is 23.1. The lowest BCUT2D eigenvalue weighted by Crippen LogP contribution is -2.42. The molecule has 0 heterocycles. The first-order valence-electron chi connectivity index (χ1n) is 13.2. The second-order valence-corrected chi connectivity index (χ2v) is 10.9. The van der Waals surface area contributed by atoms with Gasteiger partial charge in [0, 0.05) is 5.56 Å². The molecule has 2 aromatic rings. The van der Waals surface area contributed by atoms with Crippen LogP contribution in [0.15, 0.2) is 42.5 Å². The quantitative estimate of drug-likeness (QED) is 0.333. The maximum absolute atomic E-state index is 13.4. The van der Waals surface area contributed by atoms with Gasteiger partial charge in [-0.05, 0) is 72.1 Å². The minimum Gasteiger partial charge on any atom is -0.467 e. The number of hydrogen-bond donors (Lipinski definition) is 2. The van der Waals surface area contributed by atoms with Crippen molar-refractivity contribution in [2.24, 2.45) is 5.92 Å². The van der Waals surface area contributed by atoms with Gasteiger partial charge in [0.25, 0.3) is 5.91 Å². The van der Waals surface area contributed by atoms with Gasteiger partial charge in [-0.2, -0.15) is 11.8 Å². The van der Waals surface area contributed by atoms with Crippen LogP contribution in [0.4, 0.5) is 0 Å². The van der Waals surface area contributed by atoms with E-state index in [1.807, 2.05) is 49.6 Å². The lowest BCUT2D eigenvalue weighted by Gasteiger charge is -2.24. The molecule has 0 saturated heterocycles. The van der Waals surface area contributed by atoms with E-state index in [4.69, 9.17) is 9.47 Å². The van der Waals surface area contributed by atoms with Gasteiger partial charge in [0.1, 0.15) is 6.04 Å². The summed E-state index contributed by atoms with van der Waals surface area (Å²) in [6.45, 7) is 2.66. The molecule has 2 atom stereocenters. The molecule has 1 aliphatic rings. The number of carbonyl (C=O) groups is 2. The van der Waals surface area contributed by atoms with Crippen molar-refractivity contribution >= 4 is 23.6 Å². The Morgan fingerprint density at radius 2 is 1.86 bits per heavy atom. The Kier molecular flexibility index (Phi) is 12.0. The number of amides is 1. The molecule has 0 spiro atoms. The maximum atomic E-state index is 13.4. The van der Waals surface area contributed by atoms with Crippen LogP contribution in [0, 0.1) is 12.8 Å². The molecule has 2 N–H and O–H groups in total. The SMILES string of the molecule is COC(=O)C(CCSC)NC(=O)c1ccc(COCC(O)CC2CCCCC2)cc1-c1ccccc1C. The molecule has 7 heteroatoms. The van der Waals surface area contributed by atoms with E-state index >= 15 is 0 Å². The Bertz CT molecular complexity index is 1020. The summed E-state index contributed by atoms with van der Waals surface area (Å²) in [7, 11) is 1.33. The largest absolute Gasteiger partial charge is 0.467 e. The number of esters is 1. The summed E-state index contributed by atoms with van der Waals surface area (Å²) in [6.07, 6.45) is 9.03. The summed E-state index contributed by atoms with van der Waals surface area (Å²) in [6, 6.07) is 12.8. The zero-order valence-electron chi connectivity index (χ0n) is 22.3. The first-order valence-corrected chi connectivity index (χ1v) is 14.6.